The lowest BCUT2D eigenvalue weighted by atomic mass is 9.99. The Balaban J connectivity index is 1.57. The van der Waals surface area contributed by atoms with Crippen molar-refractivity contribution >= 4 is 29.1 Å². The maximum absolute atomic E-state index is 12.7. The van der Waals surface area contributed by atoms with E-state index in [0.717, 1.165) is 11.1 Å². The number of likely N-dealkylation sites (N-methyl/N-ethyl adjacent to an activating group) is 1. The van der Waals surface area contributed by atoms with Crippen molar-refractivity contribution in [3.63, 3.8) is 0 Å². The molecule has 5 nitrogen and oxygen atoms in total. The summed E-state index contributed by atoms with van der Waals surface area (Å²) in [4.78, 5) is 26.7. The number of amides is 2. The lowest BCUT2D eigenvalue weighted by molar-refractivity contribution is -0.123. The third-order valence-corrected chi connectivity index (χ3v) is 5.12. The minimum Gasteiger partial charge on any atom is -0.348 e. The zero-order valence-corrected chi connectivity index (χ0v) is 18.2. The average molecular weight is 436 g/mol. The number of hydrogen-bond acceptors (Lipinski definition) is 3. The Morgan fingerprint density at radius 2 is 1.42 bits per heavy atom. The van der Waals surface area contributed by atoms with Gasteiger partial charge >= 0.3 is 0 Å². The number of rotatable bonds is 9. The van der Waals surface area contributed by atoms with Gasteiger partial charge in [0.15, 0.2) is 0 Å². The first-order chi connectivity index (χ1) is 15.0. The molecule has 2 amide bonds. The third kappa shape index (κ3) is 7.24. The molecular weight excluding hydrogens is 410 g/mol. The molecule has 0 saturated heterocycles. The predicted molar refractivity (Wildman–Crippen MR) is 125 cm³/mol. The maximum atomic E-state index is 12.7. The number of halogens is 1. The number of nitrogens with zero attached hydrogens (tertiary/aromatic N) is 1. The zero-order chi connectivity index (χ0) is 22.1. The van der Waals surface area contributed by atoms with Crippen LogP contribution in [0.15, 0.2) is 84.9 Å². The van der Waals surface area contributed by atoms with E-state index in [1.54, 1.807) is 36.2 Å². The number of para-hydroxylation sites is 1. The van der Waals surface area contributed by atoms with E-state index in [2.05, 4.69) is 10.6 Å². The van der Waals surface area contributed by atoms with Crippen LogP contribution in [0, 0.1) is 0 Å². The number of nitrogens with one attached hydrogen (secondary N) is 2. The fourth-order valence-electron chi connectivity index (χ4n) is 3.33. The normalized spacial score (nSPS) is 11.7. The van der Waals surface area contributed by atoms with Gasteiger partial charge < -0.3 is 10.6 Å². The molecule has 0 heterocycles. The highest BCUT2D eigenvalue weighted by atomic mass is 35.5. The summed E-state index contributed by atoms with van der Waals surface area (Å²) in [6, 6.07) is 26.8. The number of carbonyl (C=O) groups excluding carboxylic acids is 2. The van der Waals surface area contributed by atoms with Gasteiger partial charge in [0.05, 0.1) is 29.8 Å². The lowest BCUT2D eigenvalue weighted by Gasteiger charge is -2.22. The van der Waals surface area contributed by atoms with Crippen molar-refractivity contribution in [1.29, 1.82) is 0 Å². The largest absolute Gasteiger partial charge is 0.348 e. The van der Waals surface area contributed by atoms with Crippen LogP contribution in [-0.4, -0.2) is 36.9 Å². The second kappa shape index (κ2) is 11.3. The molecule has 3 rings (SSSR count). The summed E-state index contributed by atoms with van der Waals surface area (Å²) in [5.74, 6) is -0.370. The van der Waals surface area contributed by atoms with E-state index in [1.807, 2.05) is 60.7 Å². The van der Waals surface area contributed by atoms with Crippen LogP contribution >= 0.6 is 11.6 Å². The number of carbonyl (C=O) groups is 2. The van der Waals surface area contributed by atoms with Crippen LogP contribution in [0.3, 0.4) is 0 Å². The molecule has 1 atom stereocenters. The van der Waals surface area contributed by atoms with Crippen molar-refractivity contribution in [2.24, 2.45) is 0 Å². The van der Waals surface area contributed by atoms with Gasteiger partial charge in [0.2, 0.25) is 11.8 Å². The molecule has 0 aliphatic rings. The fraction of sp³-hybridized carbons (Fsp3) is 0.200. The minimum absolute atomic E-state index is 0.0767. The molecule has 2 N–H and O–H groups in total. The number of benzene rings is 3. The smallest absolute Gasteiger partial charge is 0.238 e. The summed E-state index contributed by atoms with van der Waals surface area (Å²) >= 11 is 6.08. The van der Waals surface area contributed by atoms with E-state index in [-0.39, 0.29) is 30.9 Å². The highest BCUT2D eigenvalue weighted by molar-refractivity contribution is 6.33. The molecule has 0 aromatic heterocycles. The topological polar surface area (TPSA) is 61.4 Å². The van der Waals surface area contributed by atoms with Gasteiger partial charge in [-0.3, -0.25) is 14.5 Å². The molecule has 3 aromatic carbocycles. The highest BCUT2D eigenvalue weighted by Crippen LogP contribution is 2.20. The molecule has 31 heavy (non-hydrogen) atoms. The molecular formula is C25H26ClN3O2. The fourth-order valence-corrected chi connectivity index (χ4v) is 3.51. The molecule has 0 aliphatic heterocycles. The predicted octanol–water partition coefficient (Wildman–Crippen LogP) is 4.31. The molecule has 160 valence electrons. The molecule has 1 unspecified atom stereocenters. The first-order valence-corrected chi connectivity index (χ1v) is 10.5. The van der Waals surface area contributed by atoms with E-state index < -0.39 is 0 Å². The van der Waals surface area contributed by atoms with Crippen LogP contribution in [0.4, 0.5) is 5.69 Å². The SMILES string of the molecule is CN(CC(=O)Nc1ccccc1Cl)CC(=O)NC(Cc1ccccc1)c1ccccc1. The van der Waals surface area contributed by atoms with Gasteiger partial charge in [0, 0.05) is 0 Å². The van der Waals surface area contributed by atoms with E-state index >= 15 is 0 Å². The Labute approximate surface area is 188 Å². The van der Waals surface area contributed by atoms with Gasteiger partial charge in [-0.1, -0.05) is 84.4 Å². The zero-order valence-electron chi connectivity index (χ0n) is 17.4. The van der Waals surface area contributed by atoms with E-state index in [9.17, 15) is 9.59 Å². The van der Waals surface area contributed by atoms with Crippen LogP contribution in [-0.2, 0) is 16.0 Å². The van der Waals surface area contributed by atoms with Gasteiger partial charge in [-0.2, -0.15) is 0 Å². The van der Waals surface area contributed by atoms with Crippen molar-refractivity contribution in [3.05, 3.63) is 101 Å². The quantitative estimate of drug-likeness (QED) is 0.526. The molecule has 6 heteroatoms. The van der Waals surface area contributed by atoms with Crippen LogP contribution < -0.4 is 10.6 Å². The highest BCUT2D eigenvalue weighted by Gasteiger charge is 2.17. The van der Waals surface area contributed by atoms with Crippen molar-refractivity contribution < 1.29 is 9.59 Å². The second-order valence-electron chi connectivity index (χ2n) is 7.42. The standard InChI is InChI=1S/C25H26ClN3O2/c1-29(17-24(30)27-22-15-9-8-14-21(22)26)18-25(31)28-23(20-12-6-3-7-13-20)16-19-10-4-2-5-11-19/h2-15,23H,16-18H2,1H3,(H,27,30)(H,28,31). The second-order valence-corrected chi connectivity index (χ2v) is 7.83. The maximum Gasteiger partial charge on any atom is 0.238 e. The van der Waals surface area contributed by atoms with Crippen LogP contribution in [0.2, 0.25) is 5.02 Å². The Bertz CT molecular complexity index is 996. The summed E-state index contributed by atoms with van der Waals surface area (Å²) in [6.45, 7) is 0.182. The Morgan fingerprint density at radius 3 is 2.10 bits per heavy atom. The van der Waals surface area contributed by atoms with Crippen molar-refractivity contribution in [1.82, 2.24) is 10.2 Å². The summed E-state index contributed by atoms with van der Waals surface area (Å²) in [5, 5.41) is 6.36. The Hall–Kier alpha value is -3.15. The first kappa shape index (κ1) is 22.5. The molecule has 0 spiro atoms. The Kier molecular flexibility index (Phi) is 8.21. The van der Waals surface area contributed by atoms with Gasteiger partial charge in [0.1, 0.15) is 0 Å². The third-order valence-electron chi connectivity index (χ3n) is 4.79. The monoisotopic (exact) mass is 435 g/mol. The summed E-state index contributed by atoms with van der Waals surface area (Å²) in [6.07, 6.45) is 0.688. The molecule has 0 fully saturated rings. The van der Waals surface area contributed by atoms with Crippen LogP contribution in [0.25, 0.3) is 0 Å². The Morgan fingerprint density at radius 1 is 0.839 bits per heavy atom. The summed E-state index contributed by atoms with van der Waals surface area (Å²) in [5.41, 5.74) is 2.74. The molecule has 0 aliphatic carbocycles. The van der Waals surface area contributed by atoms with Crippen LogP contribution in [0.5, 0.6) is 0 Å². The van der Waals surface area contributed by atoms with Crippen molar-refractivity contribution in [2.45, 2.75) is 12.5 Å². The van der Waals surface area contributed by atoms with Gasteiger partial charge in [-0.25, -0.2) is 0 Å². The van der Waals surface area contributed by atoms with Crippen LogP contribution in [0.1, 0.15) is 17.2 Å². The van der Waals surface area contributed by atoms with Crippen molar-refractivity contribution in [2.75, 3.05) is 25.5 Å². The lowest BCUT2D eigenvalue weighted by Crippen LogP contribution is -2.40. The van der Waals surface area contributed by atoms with Gasteiger partial charge in [-0.05, 0) is 36.7 Å². The molecule has 3 aromatic rings. The van der Waals surface area contributed by atoms with E-state index in [0.29, 0.717) is 17.1 Å². The van der Waals surface area contributed by atoms with Gasteiger partial charge in [0.25, 0.3) is 0 Å². The molecule has 0 saturated carbocycles. The number of anilines is 1. The first-order valence-electron chi connectivity index (χ1n) is 10.1. The average Bonchev–Trinajstić information content (AvgIpc) is 2.76. The summed E-state index contributed by atoms with van der Waals surface area (Å²) < 4.78 is 0. The van der Waals surface area contributed by atoms with Crippen molar-refractivity contribution in [3.8, 4) is 0 Å². The number of hydrogen-bond donors (Lipinski definition) is 2. The summed E-state index contributed by atoms with van der Waals surface area (Å²) in [7, 11) is 1.74. The molecule has 0 radical (unpaired) electrons. The van der Waals surface area contributed by atoms with E-state index in [1.165, 1.54) is 0 Å². The van der Waals surface area contributed by atoms with Gasteiger partial charge in [-0.15, -0.1) is 0 Å². The van der Waals surface area contributed by atoms with E-state index in [4.69, 9.17) is 11.6 Å². The minimum atomic E-state index is -0.229. The molecule has 0 bridgehead atoms.